The largest absolute Gasteiger partial charge is 0.287 e. The summed E-state index contributed by atoms with van der Waals surface area (Å²) in [5.41, 5.74) is -0.630. The first kappa shape index (κ1) is 11.3. The van der Waals surface area contributed by atoms with E-state index in [1.54, 1.807) is 19.9 Å². The number of hydrogen-bond donors (Lipinski definition) is 1. The number of aryl methyl sites for hydroxylation is 1. The van der Waals surface area contributed by atoms with Crippen molar-refractivity contribution in [1.29, 1.82) is 5.26 Å². The van der Waals surface area contributed by atoms with Crippen LogP contribution in [0.3, 0.4) is 0 Å². The van der Waals surface area contributed by atoms with Crippen LogP contribution in [0.1, 0.15) is 28.9 Å². The van der Waals surface area contributed by atoms with Crippen molar-refractivity contribution in [2.24, 2.45) is 0 Å². The molecule has 0 radical (unpaired) electrons. The summed E-state index contributed by atoms with van der Waals surface area (Å²) in [6, 6.07) is 1.64. The minimum absolute atomic E-state index is 0.0594. The fourth-order valence-electron chi connectivity index (χ4n) is 1.55. The van der Waals surface area contributed by atoms with Crippen LogP contribution in [0.4, 0.5) is 8.78 Å². The molecule has 0 aliphatic heterocycles. The first-order chi connectivity index (χ1) is 7.97. The third-order valence-corrected chi connectivity index (χ3v) is 2.61. The monoisotopic (exact) mass is 238 g/mol. The summed E-state index contributed by atoms with van der Waals surface area (Å²) in [5.74, 6) is 0. The number of halogens is 2. The van der Waals surface area contributed by atoms with Crippen LogP contribution in [0, 0.1) is 25.2 Å². The summed E-state index contributed by atoms with van der Waals surface area (Å²) < 4.78 is 26.2. The third-order valence-electron chi connectivity index (χ3n) is 2.61. The molecule has 0 saturated heterocycles. The Kier molecular flexibility index (Phi) is 2.42. The van der Waals surface area contributed by atoms with Gasteiger partial charge < -0.3 is 0 Å². The Morgan fingerprint density at radius 2 is 2.12 bits per heavy atom. The van der Waals surface area contributed by atoms with Crippen LogP contribution in [0.15, 0.2) is 4.79 Å². The minimum Gasteiger partial charge on any atom is -0.287 e. The smallest absolute Gasteiger partial charge is 0.281 e. The van der Waals surface area contributed by atoms with Crippen molar-refractivity contribution in [2.45, 2.75) is 20.3 Å². The lowest BCUT2D eigenvalue weighted by Crippen LogP contribution is -2.19. The van der Waals surface area contributed by atoms with Gasteiger partial charge in [0.05, 0.1) is 0 Å². The molecule has 0 fully saturated rings. The van der Waals surface area contributed by atoms with E-state index in [4.69, 9.17) is 5.26 Å². The van der Waals surface area contributed by atoms with E-state index in [-0.39, 0.29) is 11.2 Å². The standard InChI is InChI=1S/C10H8F2N4O/c1-4-5(2)14-9-6(3-13)7(8(11)12)15-16(9)10(4)17/h8,15H,1-2H3. The summed E-state index contributed by atoms with van der Waals surface area (Å²) in [6.07, 6.45) is -2.86. The average Bonchev–Trinajstić information content (AvgIpc) is 2.64. The second kappa shape index (κ2) is 3.66. The molecule has 0 spiro atoms. The summed E-state index contributed by atoms with van der Waals surface area (Å²) in [5, 5.41) is 11.1. The topological polar surface area (TPSA) is 73.9 Å². The Morgan fingerprint density at radius 3 is 2.65 bits per heavy atom. The molecule has 2 rings (SSSR count). The van der Waals surface area contributed by atoms with Gasteiger partial charge in [0.15, 0.2) is 5.65 Å². The quantitative estimate of drug-likeness (QED) is 0.817. The van der Waals surface area contributed by atoms with Crippen molar-refractivity contribution < 1.29 is 8.78 Å². The predicted octanol–water partition coefficient (Wildman–Crippen LogP) is 1.45. The van der Waals surface area contributed by atoms with Gasteiger partial charge in [-0.15, -0.1) is 0 Å². The zero-order chi connectivity index (χ0) is 12.7. The molecule has 88 valence electrons. The molecule has 5 nitrogen and oxygen atoms in total. The number of alkyl halides is 2. The molecule has 0 aromatic carbocycles. The molecule has 0 amide bonds. The highest BCUT2D eigenvalue weighted by Crippen LogP contribution is 2.23. The van der Waals surface area contributed by atoms with Crippen LogP contribution in [-0.2, 0) is 0 Å². The molecule has 0 bridgehead atoms. The third kappa shape index (κ3) is 1.49. The number of nitrogens with one attached hydrogen (secondary N) is 1. The highest BCUT2D eigenvalue weighted by atomic mass is 19.3. The molecule has 0 aliphatic carbocycles. The van der Waals surface area contributed by atoms with Crippen molar-refractivity contribution in [2.75, 3.05) is 0 Å². The van der Waals surface area contributed by atoms with Crippen LogP contribution >= 0.6 is 0 Å². The van der Waals surface area contributed by atoms with Crippen LogP contribution < -0.4 is 5.56 Å². The molecule has 2 aromatic heterocycles. The van der Waals surface area contributed by atoms with Gasteiger partial charge in [-0.25, -0.2) is 13.8 Å². The maximum Gasteiger partial charge on any atom is 0.281 e. The van der Waals surface area contributed by atoms with E-state index in [0.29, 0.717) is 11.3 Å². The fourth-order valence-corrected chi connectivity index (χ4v) is 1.55. The molecule has 1 N–H and O–H groups in total. The molecule has 0 aliphatic rings. The van der Waals surface area contributed by atoms with Gasteiger partial charge in [0.1, 0.15) is 17.3 Å². The number of aromatic nitrogens is 3. The number of H-pyrrole nitrogens is 1. The lowest BCUT2D eigenvalue weighted by Gasteiger charge is -1.98. The second-order valence-corrected chi connectivity index (χ2v) is 3.60. The molecule has 0 unspecified atom stereocenters. The molecule has 7 heteroatoms. The molecular weight excluding hydrogens is 230 g/mol. The molecule has 2 heterocycles. The Bertz CT molecular complexity index is 693. The summed E-state index contributed by atoms with van der Waals surface area (Å²) in [4.78, 5) is 15.8. The normalized spacial score (nSPS) is 11.1. The Labute approximate surface area is 94.3 Å². The van der Waals surface area contributed by atoms with E-state index in [1.807, 2.05) is 0 Å². The number of hydrogen-bond acceptors (Lipinski definition) is 3. The average molecular weight is 238 g/mol. The Balaban J connectivity index is 2.99. The van der Waals surface area contributed by atoms with Crippen LogP contribution in [0.25, 0.3) is 5.65 Å². The van der Waals surface area contributed by atoms with Crippen molar-refractivity contribution in [3.63, 3.8) is 0 Å². The highest BCUT2D eigenvalue weighted by Gasteiger charge is 2.22. The van der Waals surface area contributed by atoms with Gasteiger partial charge in [-0.3, -0.25) is 9.89 Å². The summed E-state index contributed by atoms with van der Waals surface area (Å²) >= 11 is 0. The van der Waals surface area contributed by atoms with E-state index in [2.05, 4.69) is 10.1 Å². The molecule has 0 atom stereocenters. The number of nitrogens with zero attached hydrogens (tertiary/aromatic N) is 3. The van der Waals surface area contributed by atoms with Gasteiger partial charge in [0.25, 0.3) is 12.0 Å². The van der Waals surface area contributed by atoms with Gasteiger partial charge in [-0.1, -0.05) is 0 Å². The predicted molar refractivity (Wildman–Crippen MR) is 55.0 cm³/mol. The number of rotatable bonds is 1. The van der Waals surface area contributed by atoms with Crippen LogP contribution in [0.5, 0.6) is 0 Å². The molecule has 17 heavy (non-hydrogen) atoms. The first-order valence-electron chi connectivity index (χ1n) is 4.77. The van der Waals surface area contributed by atoms with Crippen molar-refractivity contribution in [1.82, 2.24) is 14.6 Å². The van der Waals surface area contributed by atoms with Crippen molar-refractivity contribution in [3.8, 4) is 6.07 Å². The van der Waals surface area contributed by atoms with Gasteiger partial charge in [-0.2, -0.15) is 9.78 Å². The van der Waals surface area contributed by atoms with Gasteiger partial charge >= 0.3 is 0 Å². The van der Waals surface area contributed by atoms with Gasteiger partial charge in [0.2, 0.25) is 0 Å². The highest BCUT2D eigenvalue weighted by molar-refractivity contribution is 5.58. The van der Waals surface area contributed by atoms with E-state index >= 15 is 0 Å². The number of fused-ring (bicyclic) bond motifs is 1. The van der Waals surface area contributed by atoms with Gasteiger partial charge in [0, 0.05) is 11.3 Å². The molecule has 2 aromatic rings. The van der Waals surface area contributed by atoms with E-state index in [1.165, 1.54) is 0 Å². The zero-order valence-electron chi connectivity index (χ0n) is 9.08. The molecule has 0 saturated carbocycles. The van der Waals surface area contributed by atoms with Crippen molar-refractivity contribution in [3.05, 3.63) is 32.9 Å². The lowest BCUT2D eigenvalue weighted by molar-refractivity contribution is 0.145. The Morgan fingerprint density at radius 1 is 1.47 bits per heavy atom. The Hall–Kier alpha value is -2.23. The second-order valence-electron chi connectivity index (χ2n) is 3.60. The lowest BCUT2D eigenvalue weighted by atomic mass is 10.2. The minimum atomic E-state index is -2.86. The molecular formula is C10H8F2N4O. The summed E-state index contributed by atoms with van der Waals surface area (Å²) in [6.45, 7) is 3.14. The van der Waals surface area contributed by atoms with Gasteiger partial charge in [-0.05, 0) is 13.8 Å². The summed E-state index contributed by atoms with van der Waals surface area (Å²) in [7, 11) is 0. The number of aromatic amines is 1. The number of nitriles is 1. The zero-order valence-corrected chi connectivity index (χ0v) is 9.08. The van der Waals surface area contributed by atoms with E-state index < -0.39 is 17.7 Å². The van der Waals surface area contributed by atoms with E-state index in [9.17, 15) is 13.6 Å². The first-order valence-corrected chi connectivity index (χ1v) is 4.77. The SMILES string of the molecule is Cc1nc2c(C#N)c(C(F)F)[nH]n2c(=O)c1C. The van der Waals surface area contributed by atoms with E-state index in [0.717, 1.165) is 4.52 Å². The maximum absolute atomic E-state index is 12.7. The van der Waals surface area contributed by atoms with Crippen molar-refractivity contribution >= 4 is 5.65 Å². The maximum atomic E-state index is 12.7. The van der Waals surface area contributed by atoms with Crippen LogP contribution in [-0.4, -0.2) is 14.6 Å². The van der Waals surface area contributed by atoms with Crippen LogP contribution in [0.2, 0.25) is 0 Å². The fraction of sp³-hybridized carbons (Fsp3) is 0.300.